The van der Waals surface area contributed by atoms with Crippen LogP contribution in [0.3, 0.4) is 0 Å². The molecule has 2 N–H and O–H groups in total. The molecule has 8 atom stereocenters. The van der Waals surface area contributed by atoms with Crippen molar-refractivity contribution in [3.8, 4) is 0 Å². The average molecular weight is 453 g/mol. The summed E-state index contributed by atoms with van der Waals surface area (Å²) in [6.07, 6.45) is 12.2. The molecule has 1 aliphatic heterocycles. The Kier molecular flexibility index (Phi) is 4.85. The van der Waals surface area contributed by atoms with Gasteiger partial charge in [0.25, 0.3) is 0 Å². The first-order valence-corrected chi connectivity index (χ1v) is 12.3. The molecule has 5 heteroatoms. The molecule has 5 rings (SSSR count). The van der Waals surface area contributed by atoms with Gasteiger partial charge in [-0.05, 0) is 76.9 Å². The summed E-state index contributed by atoms with van der Waals surface area (Å²) in [5.41, 5.74) is -0.876. The average Bonchev–Trinajstić information content (AvgIpc) is 3.04. The summed E-state index contributed by atoms with van der Waals surface area (Å²) in [5.74, 6) is -0.613. The standard InChI is InChI=1S/C28H36O5/c1-16-15-23(33-24(30)17(16)2)27(5,31)21-12-14-28(32)20-10-9-18-7-6-8-22(29)26(18,4)19(20)11-13-25(21,28)3/h6-10,19-21,23,31-32H,11-15H2,1-5H3. The minimum absolute atomic E-state index is 0.0216. The van der Waals surface area contributed by atoms with Crippen molar-refractivity contribution in [3.63, 3.8) is 0 Å². The van der Waals surface area contributed by atoms with Gasteiger partial charge in [0, 0.05) is 23.3 Å². The van der Waals surface area contributed by atoms with Gasteiger partial charge in [-0.2, -0.15) is 0 Å². The number of fused-ring (bicyclic) bond motifs is 5. The third-order valence-electron chi connectivity index (χ3n) is 10.4. The molecule has 0 aromatic rings. The normalized spacial score (nSPS) is 46.2. The van der Waals surface area contributed by atoms with Crippen LogP contribution in [-0.4, -0.2) is 39.3 Å². The van der Waals surface area contributed by atoms with Gasteiger partial charge in [-0.1, -0.05) is 36.8 Å². The quantitative estimate of drug-likeness (QED) is 0.614. The predicted octanol–water partition coefficient (Wildman–Crippen LogP) is 4.20. The van der Waals surface area contributed by atoms with Crippen molar-refractivity contribution in [1.82, 2.24) is 0 Å². The fourth-order valence-corrected chi connectivity index (χ4v) is 8.03. The van der Waals surface area contributed by atoms with Crippen molar-refractivity contribution >= 4 is 11.8 Å². The zero-order valence-corrected chi connectivity index (χ0v) is 20.4. The monoisotopic (exact) mass is 452 g/mol. The molecule has 5 aliphatic rings. The van der Waals surface area contributed by atoms with E-state index in [1.807, 2.05) is 32.1 Å². The fraction of sp³-hybridized carbons (Fsp3) is 0.643. The molecule has 2 fully saturated rings. The van der Waals surface area contributed by atoms with Gasteiger partial charge in [0.2, 0.25) is 0 Å². The number of ether oxygens (including phenoxy) is 1. The Morgan fingerprint density at radius 1 is 1.12 bits per heavy atom. The molecule has 4 aliphatic carbocycles. The number of aliphatic hydroxyl groups is 2. The predicted molar refractivity (Wildman–Crippen MR) is 125 cm³/mol. The SMILES string of the molecule is CC1=C(C)C(=O)OC(C(C)(O)C2CCC3(O)C4C=CC5=CC=CC(=O)C5(C)C4CCC23C)C1. The van der Waals surface area contributed by atoms with Crippen LogP contribution >= 0.6 is 0 Å². The van der Waals surface area contributed by atoms with E-state index in [0.29, 0.717) is 31.3 Å². The summed E-state index contributed by atoms with van der Waals surface area (Å²) in [6, 6.07) is 0. The van der Waals surface area contributed by atoms with E-state index < -0.39 is 28.1 Å². The van der Waals surface area contributed by atoms with E-state index in [1.165, 1.54) is 0 Å². The summed E-state index contributed by atoms with van der Waals surface area (Å²) in [5, 5.41) is 24.2. The van der Waals surface area contributed by atoms with Crippen LogP contribution in [0.5, 0.6) is 0 Å². The smallest absolute Gasteiger partial charge is 0.334 e. The van der Waals surface area contributed by atoms with Crippen LogP contribution in [0.25, 0.3) is 0 Å². The van der Waals surface area contributed by atoms with Crippen molar-refractivity contribution in [3.05, 3.63) is 47.1 Å². The topological polar surface area (TPSA) is 83.8 Å². The van der Waals surface area contributed by atoms with Crippen LogP contribution in [0.15, 0.2) is 47.1 Å². The number of cyclic esters (lactones) is 1. The van der Waals surface area contributed by atoms with Gasteiger partial charge in [-0.25, -0.2) is 4.79 Å². The molecule has 0 radical (unpaired) electrons. The molecule has 33 heavy (non-hydrogen) atoms. The molecule has 0 aromatic heterocycles. The van der Waals surface area contributed by atoms with Crippen molar-refractivity contribution in [2.45, 2.75) is 84.0 Å². The Hall–Kier alpha value is -1.98. The Morgan fingerprint density at radius 3 is 2.55 bits per heavy atom. The van der Waals surface area contributed by atoms with E-state index in [-0.39, 0.29) is 29.5 Å². The van der Waals surface area contributed by atoms with Crippen molar-refractivity contribution in [2.24, 2.45) is 28.6 Å². The lowest BCUT2D eigenvalue weighted by atomic mass is 9.46. The number of esters is 1. The summed E-state index contributed by atoms with van der Waals surface area (Å²) >= 11 is 0. The van der Waals surface area contributed by atoms with E-state index >= 15 is 0 Å². The van der Waals surface area contributed by atoms with E-state index in [1.54, 1.807) is 19.9 Å². The number of allylic oxidation sites excluding steroid dienone is 5. The molecule has 1 heterocycles. The van der Waals surface area contributed by atoms with Crippen LogP contribution in [0.2, 0.25) is 0 Å². The molecular weight excluding hydrogens is 416 g/mol. The number of carbonyl (C=O) groups excluding carboxylic acids is 2. The fourth-order valence-electron chi connectivity index (χ4n) is 8.03. The summed E-state index contributed by atoms with van der Waals surface area (Å²) < 4.78 is 5.71. The summed E-state index contributed by atoms with van der Waals surface area (Å²) in [7, 11) is 0. The third kappa shape index (κ3) is 2.78. The second kappa shape index (κ2) is 7.02. The van der Waals surface area contributed by atoms with Gasteiger partial charge in [0.15, 0.2) is 5.78 Å². The maximum absolute atomic E-state index is 13.1. The van der Waals surface area contributed by atoms with Gasteiger partial charge < -0.3 is 14.9 Å². The summed E-state index contributed by atoms with van der Waals surface area (Å²) in [6.45, 7) is 9.59. The third-order valence-corrected chi connectivity index (χ3v) is 10.4. The lowest BCUT2D eigenvalue weighted by Gasteiger charge is -2.60. The minimum Gasteiger partial charge on any atom is -0.456 e. The largest absolute Gasteiger partial charge is 0.456 e. The van der Waals surface area contributed by atoms with Crippen LogP contribution in [0.1, 0.15) is 66.7 Å². The van der Waals surface area contributed by atoms with Crippen LogP contribution in [0, 0.1) is 28.6 Å². The molecule has 178 valence electrons. The Morgan fingerprint density at radius 2 is 1.85 bits per heavy atom. The zero-order chi connectivity index (χ0) is 24.0. The number of carbonyl (C=O) groups is 2. The van der Waals surface area contributed by atoms with Crippen LogP contribution in [0.4, 0.5) is 0 Å². The second-order valence-electron chi connectivity index (χ2n) is 11.7. The molecule has 5 nitrogen and oxygen atoms in total. The maximum Gasteiger partial charge on any atom is 0.334 e. The van der Waals surface area contributed by atoms with E-state index in [4.69, 9.17) is 4.74 Å². The lowest BCUT2D eigenvalue weighted by molar-refractivity contribution is -0.207. The number of rotatable bonds is 2. The molecule has 0 saturated heterocycles. The highest BCUT2D eigenvalue weighted by Gasteiger charge is 2.69. The molecule has 0 amide bonds. The van der Waals surface area contributed by atoms with Crippen molar-refractivity contribution < 1.29 is 24.5 Å². The highest BCUT2D eigenvalue weighted by Crippen LogP contribution is 2.68. The number of ketones is 1. The van der Waals surface area contributed by atoms with Crippen LogP contribution in [-0.2, 0) is 14.3 Å². The van der Waals surface area contributed by atoms with Gasteiger partial charge in [0.1, 0.15) is 11.7 Å². The minimum atomic E-state index is -1.26. The molecular formula is C28H36O5. The van der Waals surface area contributed by atoms with Gasteiger partial charge in [-0.15, -0.1) is 0 Å². The van der Waals surface area contributed by atoms with Crippen molar-refractivity contribution in [2.75, 3.05) is 0 Å². The summed E-state index contributed by atoms with van der Waals surface area (Å²) in [4.78, 5) is 25.5. The zero-order valence-electron chi connectivity index (χ0n) is 20.4. The molecule has 0 bridgehead atoms. The highest BCUT2D eigenvalue weighted by atomic mass is 16.6. The van der Waals surface area contributed by atoms with Gasteiger partial charge in [-0.3, -0.25) is 4.79 Å². The van der Waals surface area contributed by atoms with Crippen LogP contribution < -0.4 is 0 Å². The molecule has 8 unspecified atom stereocenters. The lowest BCUT2D eigenvalue weighted by Crippen LogP contribution is -2.63. The van der Waals surface area contributed by atoms with E-state index in [0.717, 1.165) is 17.6 Å². The highest BCUT2D eigenvalue weighted by molar-refractivity contribution is 5.99. The van der Waals surface area contributed by atoms with E-state index in [2.05, 4.69) is 13.0 Å². The Balaban J connectivity index is 1.50. The molecule has 0 spiro atoms. The molecule has 2 saturated carbocycles. The van der Waals surface area contributed by atoms with Gasteiger partial charge >= 0.3 is 5.97 Å². The Labute approximate surface area is 196 Å². The second-order valence-corrected chi connectivity index (χ2v) is 11.7. The first-order valence-electron chi connectivity index (χ1n) is 12.3. The maximum atomic E-state index is 13.1. The van der Waals surface area contributed by atoms with Gasteiger partial charge in [0.05, 0.1) is 11.0 Å². The molecule has 0 aromatic carbocycles. The first kappa shape index (κ1) is 22.8. The van der Waals surface area contributed by atoms with E-state index in [9.17, 15) is 19.8 Å². The Bertz CT molecular complexity index is 1040. The number of hydrogen-bond donors (Lipinski definition) is 2. The first-order chi connectivity index (χ1) is 15.4. The van der Waals surface area contributed by atoms with Crippen molar-refractivity contribution in [1.29, 1.82) is 0 Å². The number of hydrogen-bond acceptors (Lipinski definition) is 5.